The predicted molar refractivity (Wildman–Crippen MR) is 59.8 cm³/mol. The van der Waals surface area contributed by atoms with Gasteiger partial charge in [0.2, 0.25) is 0 Å². The highest BCUT2D eigenvalue weighted by Crippen LogP contribution is 2.35. The second kappa shape index (κ2) is 4.84. The number of aliphatic hydroxyl groups excluding tert-OH is 1. The van der Waals surface area contributed by atoms with Crippen LogP contribution in [0.1, 0.15) is 18.1 Å². The lowest BCUT2D eigenvalue weighted by Crippen LogP contribution is -2.42. The maximum absolute atomic E-state index is 12.4. The van der Waals surface area contributed by atoms with Crippen LogP contribution < -0.4 is 5.73 Å². The van der Waals surface area contributed by atoms with Crippen molar-refractivity contribution in [2.45, 2.75) is 25.1 Å². The van der Waals surface area contributed by atoms with E-state index in [9.17, 15) is 13.2 Å². The molecule has 17 heavy (non-hydrogen) atoms. The minimum Gasteiger partial charge on any atom is -0.394 e. The van der Waals surface area contributed by atoms with Gasteiger partial charge in [-0.1, -0.05) is 17.7 Å². The van der Waals surface area contributed by atoms with Crippen LogP contribution in [0.5, 0.6) is 0 Å². The summed E-state index contributed by atoms with van der Waals surface area (Å²) < 4.78 is 37.3. The molecule has 3 N–H and O–H groups in total. The Bertz CT molecular complexity index is 404. The maximum Gasteiger partial charge on any atom is 0.417 e. The van der Waals surface area contributed by atoms with E-state index in [1.54, 1.807) is 6.92 Å². The summed E-state index contributed by atoms with van der Waals surface area (Å²) >= 11 is 5.56. The first kappa shape index (κ1) is 14.3. The molecule has 0 aliphatic heterocycles. The van der Waals surface area contributed by atoms with Gasteiger partial charge in [-0.15, -0.1) is 0 Å². The van der Waals surface area contributed by atoms with Crippen molar-refractivity contribution in [3.8, 4) is 0 Å². The zero-order chi connectivity index (χ0) is 13.3. The van der Waals surface area contributed by atoms with E-state index >= 15 is 0 Å². The van der Waals surface area contributed by atoms with Crippen LogP contribution in [0, 0.1) is 0 Å². The van der Waals surface area contributed by atoms with Crippen molar-refractivity contribution in [3.63, 3.8) is 0 Å². The fourth-order valence-electron chi connectivity index (χ4n) is 1.42. The Morgan fingerprint density at radius 2 is 1.94 bits per heavy atom. The summed E-state index contributed by atoms with van der Waals surface area (Å²) in [4.78, 5) is 0. The smallest absolute Gasteiger partial charge is 0.394 e. The van der Waals surface area contributed by atoms with Gasteiger partial charge in [-0.25, -0.2) is 0 Å². The molecule has 0 saturated carbocycles. The van der Waals surface area contributed by atoms with Crippen LogP contribution in [-0.4, -0.2) is 17.3 Å². The molecule has 1 unspecified atom stereocenters. The van der Waals surface area contributed by atoms with E-state index in [0.717, 1.165) is 6.07 Å². The van der Waals surface area contributed by atoms with Gasteiger partial charge in [-0.3, -0.25) is 0 Å². The number of aliphatic hydroxyl groups is 1. The minimum absolute atomic E-state index is 0.251. The van der Waals surface area contributed by atoms with E-state index in [0.29, 0.717) is 5.56 Å². The Hall–Kier alpha value is -0.780. The maximum atomic E-state index is 12.4. The lowest BCUT2D eigenvalue weighted by molar-refractivity contribution is -0.137. The number of hydrogen-bond donors (Lipinski definition) is 2. The molecule has 0 aliphatic rings. The molecule has 2 nitrogen and oxygen atoms in total. The highest BCUT2D eigenvalue weighted by atomic mass is 35.5. The fraction of sp³-hybridized carbons (Fsp3) is 0.455. The summed E-state index contributed by atoms with van der Waals surface area (Å²) in [5.41, 5.74) is 4.52. The van der Waals surface area contributed by atoms with Gasteiger partial charge in [0, 0.05) is 5.54 Å². The molecule has 0 amide bonds. The first-order chi connectivity index (χ1) is 7.65. The van der Waals surface area contributed by atoms with Crippen molar-refractivity contribution in [1.29, 1.82) is 0 Å². The zero-order valence-corrected chi connectivity index (χ0v) is 9.94. The van der Waals surface area contributed by atoms with E-state index in [1.165, 1.54) is 12.1 Å². The molecule has 0 fully saturated rings. The Labute approximate surface area is 102 Å². The lowest BCUT2D eigenvalue weighted by Gasteiger charge is -2.22. The van der Waals surface area contributed by atoms with E-state index < -0.39 is 17.3 Å². The molecule has 0 bridgehead atoms. The molecular formula is C11H13ClF3NO. The molecule has 1 aromatic rings. The van der Waals surface area contributed by atoms with Crippen molar-refractivity contribution in [2.75, 3.05) is 6.61 Å². The molecule has 0 spiro atoms. The first-order valence-corrected chi connectivity index (χ1v) is 5.29. The molecule has 96 valence electrons. The monoisotopic (exact) mass is 267 g/mol. The van der Waals surface area contributed by atoms with Crippen molar-refractivity contribution < 1.29 is 18.3 Å². The third-order valence-corrected chi connectivity index (χ3v) is 2.62. The normalized spacial score (nSPS) is 15.7. The number of rotatable bonds is 3. The molecule has 0 heterocycles. The van der Waals surface area contributed by atoms with Crippen molar-refractivity contribution in [1.82, 2.24) is 0 Å². The topological polar surface area (TPSA) is 46.2 Å². The summed E-state index contributed by atoms with van der Waals surface area (Å²) in [6.45, 7) is 1.35. The number of hydrogen-bond acceptors (Lipinski definition) is 2. The summed E-state index contributed by atoms with van der Waals surface area (Å²) in [5.74, 6) is 0. The highest BCUT2D eigenvalue weighted by Gasteiger charge is 2.33. The van der Waals surface area contributed by atoms with E-state index in [2.05, 4.69) is 0 Å². The lowest BCUT2D eigenvalue weighted by atomic mass is 9.94. The molecule has 1 aromatic carbocycles. The minimum atomic E-state index is -4.46. The molecule has 0 saturated heterocycles. The Kier molecular flexibility index (Phi) is 4.06. The van der Waals surface area contributed by atoms with Gasteiger partial charge in [0.1, 0.15) is 0 Å². The van der Waals surface area contributed by atoms with Crippen molar-refractivity contribution >= 4 is 11.6 Å². The van der Waals surface area contributed by atoms with Crippen LogP contribution in [0.15, 0.2) is 18.2 Å². The van der Waals surface area contributed by atoms with Crippen LogP contribution in [0.3, 0.4) is 0 Å². The van der Waals surface area contributed by atoms with Crippen molar-refractivity contribution in [2.24, 2.45) is 5.73 Å². The third kappa shape index (κ3) is 3.87. The SMILES string of the molecule is CC(N)(CO)Cc1ccc(C(F)(F)F)c(Cl)c1. The van der Waals surface area contributed by atoms with Crippen LogP contribution >= 0.6 is 11.6 Å². The molecule has 1 atom stereocenters. The quantitative estimate of drug-likeness (QED) is 0.884. The van der Waals surface area contributed by atoms with Gasteiger partial charge >= 0.3 is 6.18 Å². The van der Waals surface area contributed by atoms with Crippen molar-refractivity contribution in [3.05, 3.63) is 34.3 Å². The molecule has 1 rings (SSSR count). The summed E-state index contributed by atoms with van der Waals surface area (Å²) in [5, 5.41) is 8.61. The Balaban J connectivity index is 2.98. The standard InChI is InChI=1S/C11H13ClF3NO/c1-10(16,6-17)5-7-2-3-8(9(12)4-7)11(13,14)15/h2-4,17H,5-6,16H2,1H3. The molecule has 0 aromatic heterocycles. The number of alkyl halides is 3. The Morgan fingerprint density at radius 1 is 1.35 bits per heavy atom. The van der Waals surface area contributed by atoms with Gasteiger partial charge in [0.15, 0.2) is 0 Å². The van der Waals surface area contributed by atoms with E-state index in [-0.39, 0.29) is 18.1 Å². The fourth-order valence-corrected chi connectivity index (χ4v) is 1.73. The second-order valence-electron chi connectivity index (χ2n) is 4.30. The molecule has 6 heteroatoms. The van der Waals surface area contributed by atoms with E-state index in [4.69, 9.17) is 22.4 Å². The predicted octanol–water partition coefficient (Wildman–Crippen LogP) is 2.61. The summed E-state index contributed by atoms with van der Waals surface area (Å²) in [6.07, 6.45) is -4.21. The average Bonchev–Trinajstić information content (AvgIpc) is 2.15. The average molecular weight is 268 g/mol. The largest absolute Gasteiger partial charge is 0.417 e. The summed E-state index contributed by atoms with van der Waals surface area (Å²) in [7, 11) is 0. The second-order valence-corrected chi connectivity index (χ2v) is 4.71. The van der Waals surface area contributed by atoms with Crippen LogP contribution in [0.4, 0.5) is 13.2 Å². The van der Waals surface area contributed by atoms with E-state index in [1.807, 2.05) is 0 Å². The van der Waals surface area contributed by atoms with Gasteiger partial charge in [-0.05, 0) is 31.0 Å². The van der Waals surface area contributed by atoms with Crippen LogP contribution in [0.25, 0.3) is 0 Å². The summed E-state index contributed by atoms with van der Waals surface area (Å²) in [6, 6.07) is 3.46. The highest BCUT2D eigenvalue weighted by molar-refractivity contribution is 6.31. The molecule has 0 radical (unpaired) electrons. The van der Waals surface area contributed by atoms with Gasteiger partial charge in [0.05, 0.1) is 17.2 Å². The number of benzene rings is 1. The number of nitrogens with two attached hydrogens (primary N) is 1. The Morgan fingerprint density at radius 3 is 2.35 bits per heavy atom. The number of halogens is 4. The molecular weight excluding hydrogens is 255 g/mol. The first-order valence-electron chi connectivity index (χ1n) is 4.91. The van der Waals surface area contributed by atoms with Crippen LogP contribution in [0.2, 0.25) is 5.02 Å². The third-order valence-electron chi connectivity index (χ3n) is 2.31. The van der Waals surface area contributed by atoms with Gasteiger partial charge in [0.25, 0.3) is 0 Å². The van der Waals surface area contributed by atoms with Crippen LogP contribution in [-0.2, 0) is 12.6 Å². The molecule has 0 aliphatic carbocycles. The van der Waals surface area contributed by atoms with Gasteiger partial charge in [-0.2, -0.15) is 13.2 Å². The zero-order valence-electron chi connectivity index (χ0n) is 9.18. The van der Waals surface area contributed by atoms with Gasteiger partial charge < -0.3 is 10.8 Å².